The van der Waals surface area contributed by atoms with Crippen LogP contribution in [-0.4, -0.2) is 19.6 Å². The van der Waals surface area contributed by atoms with Crippen molar-refractivity contribution in [1.82, 2.24) is 19.6 Å². The third-order valence-corrected chi connectivity index (χ3v) is 4.65. The van der Waals surface area contributed by atoms with Crippen LogP contribution in [-0.2, 0) is 6.42 Å². The Hall–Kier alpha value is -3.21. The smallest absolute Gasteiger partial charge is 0.273 e. The second-order valence-electron chi connectivity index (χ2n) is 6.21. The lowest BCUT2D eigenvalue weighted by Crippen LogP contribution is -2.14. The quantitative estimate of drug-likeness (QED) is 0.627. The van der Waals surface area contributed by atoms with Crippen molar-refractivity contribution in [2.75, 3.05) is 0 Å². The summed E-state index contributed by atoms with van der Waals surface area (Å²) in [4.78, 5) is 21.2. The van der Waals surface area contributed by atoms with Gasteiger partial charge in [-0.05, 0) is 42.7 Å². The molecular formula is C20H18N4O. The van der Waals surface area contributed by atoms with Crippen LogP contribution in [0.15, 0.2) is 59.8 Å². The summed E-state index contributed by atoms with van der Waals surface area (Å²) in [5.74, 6) is 0. The Morgan fingerprint density at radius 3 is 2.68 bits per heavy atom. The Kier molecular flexibility index (Phi) is 3.69. The van der Waals surface area contributed by atoms with Crippen molar-refractivity contribution in [3.63, 3.8) is 0 Å². The molecule has 0 spiro atoms. The molecule has 0 aliphatic heterocycles. The molecule has 0 aliphatic carbocycles. The van der Waals surface area contributed by atoms with Gasteiger partial charge in [-0.1, -0.05) is 18.2 Å². The molecule has 0 amide bonds. The molecule has 5 nitrogen and oxygen atoms in total. The first-order valence-electron chi connectivity index (χ1n) is 8.19. The van der Waals surface area contributed by atoms with E-state index in [1.165, 1.54) is 21.2 Å². The van der Waals surface area contributed by atoms with Crippen molar-refractivity contribution in [1.29, 1.82) is 0 Å². The number of aromatic amines is 1. The van der Waals surface area contributed by atoms with Crippen LogP contribution in [0, 0.1) is 13.8 Å². The van der Waals surface area contributed by atoms with E-state index in [9.17, 15) is 4.79 Å². The molecule has 4 rings (SSSR count). The second kappa shape index (κ2) is 6.02. The third kappa shape index (κ3) is 2.74. The van der Waals surface area contributed by atoms with E-state index in [1.807, 2.05) is 18.3 Å². The van der Waals surface area contributed by atoms with Crippen LogP contribution >= 0.6 is 0 Å². The molecule has 0 radical (unpaired) electrons. The molecule has 0 unspecified atom stereocenters. The minimum absolute atomic E-state index is 0.121. The summed E-state index contributed by atoms with van der Waals surface area (Å²) in [6.07, 6.45) is 5.99. The summed E-state index contributed by atoms with van der Waals surface area (Å²) < 4.78 is 1.49. The molecule has 3 aromatic heterocycles. The maximum Gasteiger partial charge on any atom is 0.273 e. The Labute approximate surface area is 145 Å². The average Bonchev–Trinajstić information content (AvgIpc) is 3.03. The number of aromatic nitrogens is 4. The molecule has 0 fully saturated rings. The number of H-pyrrole nitrogens is 1. The van der Waals surface area contributed by atoms with Crippen molar-refractivity contribution in [2.24, 2.45) is 0 Å². The van der Waals surface area contributed by atoms with Gasteiger partial charge in [-0.15, -0.1) is 0 Å². The lowest BCUT2D eigenvalue weighted by atomic mass is 9.98. The van der Waals surface area contributed by atoms with Crippen molar-refractivity contribution in [3.8, 4) is 11.3 Å². The molecule has 4 aromatic rings. The van der Waals surface area contributed by atoms with Crippen LogP contribution in [0.3, 0.4) is 0 Å². The fourth-order valence-corrected chi connectivity index (χ4v) is 3.04. The van der Waals surface area contributed by atoms with E-state index in [0.29, 0.717) is 11.3 Å². The molecule has 25 heavy (non-hydrogen) atoms. The van der Waals surface area contributed by atoms with Crippen LogP contribution in [0.1, 0.15) is 22.3 Å². The minimum Gasteiger partial charge on any atom is -0.297 e. The summed E-state index contributed by atoms with van der Waals surface area (Å²) in [7, 11) is 0. The minimum atomic E-state index is -0.121. The van der Waals surface area contributed by atoms with Gasteiger partial charge >= 0.3 is 0 Å². The molecule has 5 heteroatoms. The van der Waals surface area contributed by atoms with Gasteiger partial charge < -0.3 is 0 Å². The highest BCUT2D eigenvalue weighted by Crippen LogP contribution is 2.20. The molecule has 0 aliphatic rings. The summed E-state index contributed by atoms with van der Waals surface area (Å²) in [6, 6.07) is 11.6. The zero-order chi connectivity index (χ0) is 17.4. The first-order chi connectivity index (χ1) is 12.1. The topological polar surface area (TPSA) is 63.0 Å². The van der Waals surface area contributed by atoms with Crippen molar-refractivity contribution in [2.45, 2.75) is 20.3 Å². The van der Waals surface area contributed by atoms with Crippen LogP contribution in [0.4, 0.5) is 0 Å². The zero-order valence-electron chi connectivity index (χ0n) is 14.2. The highest BCUT2D eigenvalue weighted by Gasteiger charge is 2.12. The van der Waals surface area contributed by atoms with Gasteiger partial charge in [-0.3, -0.25) is 14.9 Å². The first-order valence-corrected chi connectivity index (χ1v) is 8.19. The highest BCUT2D eigenvalue weighted by molar-refractivity contribution is 5.62. The zero-order valence-corrected chi connectivity index (χ0v) is 14.2. The van der Waals surface area contributed by atoms with Crippen molar-refractivity contribution in [3.05, 3.63) is 87.6 Å². The van der Waals surface area contributed by atoms with Crippen molar-refractivity contribution < 1.29 is 0 Å². The fourth-order valence-electron chi connectivity index (χ4n) is 3.04. The molecule has 0 atom stereocenters. The number of hydrogen-bond acceptors (Lipinski definition) is 3. The van der Waals surface area contributed by atoms with Gasteiger partial charge in [-0.25, -0.2) is 9.50 Å². The van der Waals surface area contributed by atoms with E-state index in [-0.39, 0.29) is 5.56 Å². The summed E-state index contributed by atoms with van der Waals surface area (Å²) in [6.45, 7) is 4.24. The van der Waals surface area contributed by atoms with Crippen molar-refractivity contribution >= 4 is 5.65 Å². The third-order valence-electron chi connectivity index (χ3n) is 4.65. The van der Waals surface area contributed by atoms with Gasteiger partial charge in [-0.2, -0.15) is 0 Å². The second-order valence-corrected chi connectivity index (χ2v) is 6.21. The largest absolute Gasteiger partial charge is 0.297 e. The standard InChI is InChI=1S/C20H18N4O/c1-13-4-3-5-16(14(13)2)10-17-12-22-24-19(25)11-18(23-20(17)24)15-6-8-21-9-7-15/h3-9,11-12,22H,10H2,1-2H3. The Bertz CT molecular complexity index is 1110. The van der Waals surface area contributed by atoms with Gasteiger partial charge in [0.1, 0.15) is 0 Å². The predicted molar refractivity (Wildman–Crippen MR) is 97.8 cm³/mol. The van der Waals surface area contributed by atoms with Gasteiger partial charge in [0.15, 0.2) is 5.65 Å². The Morgan fingerprint density at radius 2 is 1.88 bits per heavy atom. The number of nitrogens with zero attached hydrogens (tertiary/aromatic N) is 3. The van der Waals surface area contributed by atoms with E-state index in [4.69, 9.17) is 4.98 Å². The number of rotatable bonds is 3. The summed E-state index contributed by atoms with van der Waals surface area (Å²) in [5, 5.41) is 3.02. The number of aryl methyl sites for hydroxylation is 1. The maximum atomic E-state index is 12.4. The molecule has 0 bridgehead atoms. The fraction of sp³-hybridized carbons (Fsp3) is 0.150. The highest BCUT2D eigenvalue weighted by atomic mass is 16.1. The lowest BCUT2D eigenvalue weighted by Gasteiger charge is -2.08. The SMILES string of the molecule is Cc1cccc(Cc2c[nH]n3c(=O)cc(-c4ccncc4)nc23)c1C. The molecule has 124 valence electrons. The van der Waals surface area contributed by atoms with E-state index < -0.39 is 0 Å². The van der Waals surface area contributed by atoms with E-state index >= 15 is 0 Å². The Morgan fingerprint density at radius 1 is 1.08 bits per heavy atom. The van der Waals surface area contributed by atoms with Crippen LogP contribution in [0.5, 0.6) is 0 Å². The van der Waals surface area contributed by atoms with Gasteiger partial charge in [0.25, 0.3) is 5.56 Å². The number of nitrogens with one attached hydrogen (secondary N) is 1. The van der Waals surface area contributed by atoms with E-state index in [1.54, 1.807) is 18.5 Å². The predicted octanol–water partition coefficient (Wildman–Crippen LogP) is 3.29. The first kappa shape index (κ1) is 15.3. The van der Waals surface area contributed by atoms with Crippen LogP contribution in [0.2, 0.25) is 0 Å². The van der Waals surface area contributed by atoms with E-state index in [0.717, 1.165) is 17.5 Å². The number of hydrogen-bond donors (Lipinski definition) is 1. The van der Waals surface area contributed by atoms with Gasteiger partial charge in [0, 0.05) is 42.2 Å². The molecule has 1 N–H and O–H groups in total. The van der Waals surface area contributed by atoms with Gasteiger partial charge in [0.2, 0.25) is 0 Å². The number of benzene rings is 1. The number of fused-ring (bicyclic) bond motifs is 1. The summed E-state index contributed by atoms with van der Waals surface area (Å²) in [5.41, 5.74) is 6.87. The Balaban J connectivity index is 1.84. The van der Waals surface area contributed by atoms with Crippen LogP contribution < -0.4 is 5.56 Å². The molecule has 3 heterocycles. The molecule has 1 aromatic carbocycles. The normalized spacial score (nSPS) is 11.1. The monoisotopic (exact) mass is 330 g/mol. The van der Waals surface area contributed by atoms with E-state index in [2.05, 4.69) is 42.1 Å². The van der Waals surface area contributed by atoms with Crippen LogP contribution in [0.25, 0.3) is 16.9 Å². The molecule has 0 saturated carbocycles. The average molecular weight is 330 g/mol. The molecule has 0 saturated heterocycles. The number of pyridine rings is 1. The summed E-state index contributed by atoms with van der Waals surface area (Å²) >= 11 is 0. The maximum absolute atomic E-state index is 12.4. The van der Waals surface area contributed by atoms with Gasteiger partial charge in [0.05, 0.1) is 5.69 Å². The molecular weight excluding hydrogens is 312 g/mol. The lowest BCUT2D eigenvalue weighted by molar-refractivity contribution is 0.901.